The van der Waals surface area contributed by atoms with Gasteiger partial charge in [0.05, 0.1) is 11.4 Å². The van der Waals surface area contributed by atoms with Crippen molar-refractivity contribution in [3.8, 4) is 0 Å². The SMILES string of the molecule is CC(O)OC(C)O.c1ccc(N=Nc2ccccc2)cc1. The minimum atomic E-state index is -0.875. The normalized spacial score (nSPS) is 13.3. The second-order valence-corrected chi connectivity index (χ2v) is 4.21. The molecule has 0 saturated carbocycles. The third-order valence-corrected chi connectivity index (χ3v) is 2.19. The molecule has 5 heteroatoms. The van der Waals surface area contributed by atoms with E-state index in [-0.39, 0.29) is 0 Å². The standard InChI is InChI=1S/C12H10N2.C4H10O3/c1-3-7-11(8-4-1)13-14-12-9-5-2-6-10-12;1-3(5)7-4(2)6/h1-10H;3-6H,1-2H3. The van der Waals surface area contributed by atoms with E-state index in [9.17, 15) is 0 Å². The van der Waals surface area contributed by atoms with Gasteiger partial charge in [-0.3, -0.25) is 0 Å². The third-order valence-electron chi connectivity index (χ3n) is 2.19. The van der Waals surface area contributed by atoms with Crippen LogP contribution in [0, 0.1) is 0 Å². The van der Waals surface area contributed by atoms with E-state index in [0.29, 0.717) is 0 Å². The minimum Gasteiger partial charge on any atom is -0.368 e. The quantitative estimate of drug-likeness (QED) is 0.664. The number of aliphatic hydroxyl groups excluding tert-OH is 2. The van der Waals surface area contributed by atoms with E-state index in [1.54, 1.807) is 0 Å². The van der Waals surface area contributed by atoms with Gasteiger partial charge in [0.15, 0.2) is 12.6 Å². The second kappa shape index (κ2) is 9.77. The largest absolute Gasteiger partial charge is 0.368 e. The number of ether oxygens (including phenoxy) is 1. The molecule has 0 saturated heterocycles. The van der Waals surface area contributed by atoms with Crippen LogP contribution in [0.4, 0.5) is 11.4 Å². The summed E-state index contributed by atoms with van der Waals surface area (Å²) in [6, 6.07) is 19.4. The van der Waals surface area contributed by atoms with Crippen LogP contribution in [0.3, 0.4) is 0 Å². The highest BCUT2D eigenvalue weighted by atomic mass is 16.7. The highest BCUT2D eigenvalue weighted by molar-refractivity contribution is 5.39. The Morgan fingerprint density at radius 3 is 1.29 bits per heavy atom. The van der Waals surface area contributed by atoms with Crippen molar-refractivity contribution in [2.45, 2.75) is 26.4 Å². The summed E-state index contributed by atoms with van der Waals surface area (Å²) in [6.07, 6.45) is -1.75. The summed E-state index contributed by atoms with van der Waals surface area (Å²) in [4.78, 5) is 0. The fourth-order valence-electron chi connectivity index (χ4n) is 1.39. The number of aliphatic hydroxyl groups is 2. The van der Waals surface area contributed by atoms with E-state index in [4.69, 9.17) is 10.2 Å². The number of hydrogen-bond donors (Lipinski definition) is 2. The molecule has 21 heavy (non-hydrogen) atoms. The van der Waals surface area contributed by atoms with E-state index in [1.807, 2.05) is 60.7 Å². The Morgan fingerprint density at radius 2 is 1.05 bits per heavy atom. The van der Waals surface area contributed by atoms with Crippen molar-refractivity contribution < 1.29 is 14.9 Å². The Labute approximate surface area is 124 Å². The molecular formula is C16H20N2O3. The van der Waals surface area contributed by atoms with Gasteiger partial charge in [-0.1, -0.05) is 36.4 Å². The number of azo groups is 1. The zero-order chi connectivity index (χ0) is 15.5. The molecule has 0 aromatic heterocycles. The predicted molar refractivity (Wildman–Crippen MR) is 81.5 cm³/mol. The van der Waals surface area contributed by atoms with Crippen LogP contribution in [0.2, 0.25) is 0 Å². The lowest BCUT2D eigenvalue weighted by Gasteiger charge is -2.07. The average Bonchev–Trinajstić information content (AvgIpc) is 2.46. The zero-order valence-electron chi connectivity index (χ0n) is 12.1. The smallest absolute Gasteiger partial charge is 0.154 e. The summed E-state index contributed by atoms with van der Waals surface area (Å²) in [7, 11) is 0. The lowest BCUT2D eigenvalue weighted by atomic mass is 10.3. The van der Waals surface area contributed by atoms with Crippen molar-refractivity contribution in [2.24, 2.45) is 10.2 Å². The summed E-state index contributed by atoms with van der Waals surface area (Å²) in [5.41, 5.74) is 1.74. The third kappa shape index (κ3) is 8.65. The predicted octanol–water partition coefficient (Wildman–Crippen LogP) is 3.78. The highest BCUT2D eigenvalue weighted by Gasteiger charge is 1.97. The molecule has 0 amide bonds. The lowest BCUT2D eigenvalue weighted by Crippen LogP contribution is -2.14. The van der Waals surface area contributed by atoms with E-state index < -0.39 is 12.6 Å². The Balaban J connectivity index is 0.000000270. The van der Waals surface area contributed by atoms with Crippen LogP contribution in [0.1, 0.15) is 13.8 Å². The first-order valence-electron chi connectivity index (χ1n) is 6.61. The molecule has 0 heterocycles. The fraction of sp³-hybridized carbons (Fsp3) is 0.250. The van der Waals surface area contributed by atoms with Crippen molar-refractivity contribution >= 4 is 11.4 Å². The van der Waals surface area contributed by atoms with Crippen LogP contribution in [-0.4, -0.2) is 22.8 Å². The average molecular weight is 288 g/mol. The number of rotatable bonds is 4. The number of hydrogen-bond acceptors (Lipinski definition) is 5. The maximum atomic E-state index is 8.34. The van der Waals surface area contributed by atoms with E-state index in [1.165, 1.54) is 13.8 Å². The fourth-order valence-corrected chi connectivity index (χ4v) is 1.39. The number of benzene rings is 2. The van der Waals surface area contributed by atoms with Gasteiger partial charge in [0.25, 0.3) is 0 Å². The summed E-state index contributed by atoms with van der Waals surface area (Å²) in [5, 5.41) is 24.9. The summed E-state index contributed by atoms with van der Waals surface area (Å²) in [5.74, 6) is 0. The van der Waals surface area contributed by atoms with E-state index in [2.05, 4.69) is 15.0 Å². The van der Waals surface area contributed by atoms with Crippen LogP contribution < -0.4 is 0 Å². The molecule has 0 radical (unpaired) electrons. The van der Waals surface area contributed by atoms with E-state index >= 15 is 0 Å². The van der Waals surface area contributed by atoms with Gasteiger partial charge in [-0.05, 0) is 38.1 Å². The summed E-state index contributed by atoms with van der Waals surface area (Å²) >= 11 is 0. The van der Waals surface area contributed by atoms with Crippen molar-refractivity contribution in [3.05, 3.63) is 60.7 Å². The van der Waals surface area contributed by atoms with Gasteiger partial charge in [-0.15, -0.1) is 0 Å². The molecule has 2 N–H and O–H groups in total. The second-order valence-electron chi connectivity index (χ2n) is 4.21. The van der Waals surface area contributed by atoms with Crippen LogP contribution in [-0.2, 0) is 4.74 Å². The lowest BCUT2D eigenvalue weighted by molar-refractivity contribution is -0.190. The Morgan fingerprint density at radius 1 is 0.714 bits per heavy atom. The van der Waals surface area contributed by atoms with Crippen LogP contribution in [0.25, 0.3) is 0 Å². The molecule has 0 spiro atoms. The van der Waals surface area contributed by atoms with Crippen LogP contribution in [0.5, 0.6) is 0 Å². The molecule has 0 aliphatic carbocycles. The molecule has 2 atom stereocenters. The maximum absolute atomic E-state index is 8.34. The van der Waals surface area contributed by atoms with Crippen LogP contribution >= 0.6 is 0 Å². The molecular weight excluding hydrogens is 268 g/mol. The molecule has 0 aliphatic rings. The molecule has 5 nitrogen and oxygen atoms in total. The first-order chi connectivity index (χ1) is 10.1. The first-order valence-corrected chi connectivity index (χ1v) is 6.61. The molecule has 0 bridgehead atoms. The molecule has 2 unspecified atom stereocenters. The highest BCUT2D eigenvalue weighted by Crippen LogP contribution is 2.16. The molecule has 2 aromatic rings. The van der Waals surface area contributed by atoms with Gasteiger partial charge in [0, 0.05) is 0 Å². The van der Waals surface area contributed by atoms with Gasteiger partial charge in [-0.2, -0.15) is 10.2 Å². The van der Waals surface area contributed by atoms with Crippen molar-refractivity contribution in [3.63, 3.8) is 0 Å². The van der Waals surface area contributed by atoms with Crippen molar-refractivity contribution in [1.29, 1.82) is 0 Å². The Kier molecular flexibility index (Phi) is 7.89. The molecule has 2 aromatic carbocycles. The zero-order valence-corrected chi connectivity index (χ0v) is 12.1. The molecule has 0 aliphatic heterocycles. The monoisotopic (exact) mass is 288 g/mol. The van der Waals surface area contributed by atoms with Gasteiger partial charge in [-0.25, -0.2) is 0 Å². The van der Waals surface area contributed by atoms with Gasteiger partial charge >= 0.3 is 0 Å². The van der Waals surface area contributed by atoms with Crippen LogP contribution in [0.15, 0.2) is 70.9 Å². The molecule has 0 fully saturated rings. The summed E-state index contributed by atoms with van der Waals surface area (Å²) in [6.45, 7) is 2.87. The maximum Gasteiger partial charge on any atom is 0.154 e. The number of nitrogens with zero attached hydrogens (tertiary/aromatic N) is 2. The van der Waals surface area contributed by atoms with Gasteiger partial charge in [0.1, 0.15) is 0 Å². The Hall–Kier alpha value is -2.08. The molecule has 112 valence electrons. The van der Waals surface area contributed by atoms with Gasteiger partial charge in [0.2, 0.25) is 0 Å². The van der Waals surface area contributed by atoms with Crippen molar-refractivity contribution in [2.75, 3.05) is 0 Å². The summed E-state index contributed by atoms with van der Waals surface area (Å²) < 4.78 is 4.36. The topological polar surface area (TPSA) is 74.4 Å². The van der Waals surface area contributed by atoms with Crippen molar-refractivity contribution in [1.82, 2.24) is 0 Å². The van der Waals surface area contributed by atoms with E-state index in [0.717, 1.165) is 11.4 Å². The minimum absolute atomic E-state index is 0.872. The van der Waals surface area contributed by atoms with Gasteiger partial charge < -0.3 is 14.9 Å². The Bertz CT molecular complexity index is 466. The molecule has 2 rings (SSSR count). The first kappa shape index (κ1) is 17.0.